The first-order valence-corrected chi connectivity index (χ1v) is 7.37. The van der Waals surface area contributed by atoms with E-state index in [-0.39, 0.29) is 17.7 Å². The van der Waals surface area contributed by atoms with Crippen molar-refractivity contribution in [2.45, 2.75) is 50.7 Å². The molecule has 2 unspecified atom stereocenters. The van der Waals surface area contributed by atoms with Gasteiger partial charge in [-0.15, -0.1) is 0 Å². The number of hydrogen-bond donors (Lipinski definition) is 2. The number of aryl methyl sites for hydroxylation is 1. The largest absolute Gasteiger partial charge is 0.507 e. The first-order chi connectivity index (χ1) is 9.54. The van der Waals surface area contributed by atoms with E-state index in [9.17, 15) is 9.90 Å². The number of amides is 1. The molecule has 0 aromatic heterocycles. The third-order valence-electron chi connectivity index (χ3n) is 4.70. The number of nitrogens with zero attached hydrogens (tertiary/aromatic N) is 1. The third kappa shape index (κ3) is 2.40. The van der Waals surface area contributed by atoms with Gasteiger partial charge in [0.25, 0.3) is 5.91 Å². The Labute approximate surface area is 119 Å². The average molecular weight is 274 g/mol. The number of hydrogen-bond acceptors (Lipinski definition) is 3. The molecule has 3 rings (SSSR count). The Kier molecular flexibility index (Phi) is 3.42. The normalized spacial score (nSPS) is 28.4. The molecule has 1 aromatic rings. The zero-order valence-corrected chi connectivity index (χ0v) is 12.1. The van der Waals surface area contributed by atoms with E-state index >= 15 is 0 Å². The molecule has 1 amide bonds. The summed E-state index contributed by atoms with van der Waals surface area (Å²) in [5, 5.41) is 13.6. The van der Waals surface area contributed by atoms with Crippen molar-refractivity contribution in [3.8, 4) is 5.75 Å². The number of carbonyl (C=O) groups excluding carboxylic acids is 1. The zero-order chi connectivity index (χ0) is 14.3. The van der Waals surface area contributed by atoms with Gasteiger partial charge < -0.3 is 15.3 Å². The fourth-order valence-electron chi connectivity index (χ4n) is 3.52. The van der Waals surface area contributed by atoms with E-state index in [4.69, 9.17) is 0 Å². The van der Waals surface area contributed by atoms with Crippen molar-refractivity contribution < 1.29 is 9.90 Å². The van der Waals surface area contributed by atoms with Gasteiger partial charge in [0.15, 0.2) is 0 Å². The monoisotopic (exact) mass is 274 g/mol. The predicted molar refractivity (Wildman–Crippen MR) is 77.9 cm³/mol. The summed E-state index contributed by atoms with van der Waals surface area (Å²) < 4.78 is 0. The van der Waals surface area contributed by atoms with Gasteiger partial charge >= 0.3 is 0 Å². The second-order valence-corrected chi connectivity index (χ2v) is 6.20. The Balaban J connectivity index is 1.76. The van der Waals surface area contributed by atoms with Crippen LogP contribution >= 0.6 is 0 Å². The number of rotatable bonds is 2. The number of fused-ring (bicyclic) bond motifs is 2. The van der Waals surface area contributed by atoms with Gasteiger partial charge in [0.1, 0.15) is 5.75 Å². The Morgan fingerprint density at radius 3 is 2.55 bits per heavy atom. The van der Waals surface area contributed by atoms with E-state index in [1.165, 1.54) is 12.8 Å². The van der Waals surface area contributed by atoms with Crippen molar-refractivity contribution in [1.82, 2.24) is 10.2 Å². The van der Waals surface area contributed by atoms with Gasteiger partial charge in [-0.1, -0.05) is 6.07 Å². The van der Waals surface area contributed by atoms with Crippen molar-refractivity contribution >= 4 is 5.91 Å². The van der Waals surface area contributed by atoms with Gasteiger partial charge in [0, 0.05) is 25.2 Å². The molecule has 0 radical (unpaired) electrons. The first-order valence-electron chi connectivity index (χ1n) is 7.37. The van der Waals surface area contributed by atoms with Gasteiger partial charge in [0.05, 0.1) is 5.56 Å². The number of phenols is 1. The fourth-order valence-corrected chi connectivity index (χ4v) is 3.52. The van der Waals surface area contributed by atoms with Crippen molar-refractivity contribution in [2.75, 3.05) is 7.05 Å². The van der Waals surface area contributed by atoms with E-state index in [1.54, 1.807) is 12.1 Å². The van der Waals surface area contributed by atoms with Gasteiger partial charge in [0.2, 0.25) is 0 Å². The summed E-state index contributed by atoms with van der Waals surface area (Å²) in [6.45, 7) is 1.90. The minimum absolute atomic E-state index is 0.0752. The highest BCUT2D eigenvalue weighted by atomic mass is 16.3. The Morgan fingerprint density at radius 1 is 1.30 bits per heavy atom. The molecule has 4 nitrogen and oxygen atoms in total. The van der Waals surface area contributed by atoms with E-state index in [0.717, 1.165) is 18.4 Å². The molecule has 108 valence electrons. The summed E-state index contributed by atoms with van der Waals surface area (Å²) in [5.74, 6) is 0.00700. The Bertz CT molecular complexity index is 517. The molecule has 4 heteroatoms. The van der Waals surface area contributed by atoms with Crippen LogP contribution in [0.15, 0.2) is 18.2 Å². The molecule has 2 aliphatic heterocycles. The summed E-state index contributed by atoms with van der Waals surface area (Å²) in [6, 6.07) is 6.63. The van der Waals surface area contributed by atoms with E-state index < -0.39 is 0 Å². The lowest BCUT2D eigenvalue weighted by molar-refractivity contribution is 0.0678. The lowest BCUT2D eigenvalue weighted by Gasteiger charge is -2.35. The quantitative estimate of drug-likeness (QED) is 0.868. The first kappa shape index (κ1) is 13.4. The number of aromatic hydroxyl groups is 1. The molecule has 2 heterocycles. The molecule has 0 spiro atoms. The maximum atomic E-state index is 12.6. The lowest BCUT2D eigenvalue weighted by atomic mass is 9.97. The Morgan fingerprint density at radius 2 is 1.95 bits per heavy atom. The molecule has 2 N–H and O–H groups in total. The van der Waals surface area contributed by atoms with Crippen LogP contribution in [0.1, 0.15) is 41.6 Å². The van der Waals surface area contributed by atoms with E-state index in [2.05, 4.69) is 5.32 Å². The number of phenolic OH excluding ortho intramolecular Hbond substituents is 1. The van der Waals surface area contributed by atoms with Crippen LogP contribution in [0.25, 0.3) is 0 Å². The fraction of sp³-hybridized carbons (Fsp3) is 0.562. The standard InChI is InChI=1S/C16H22N2O2/c1-10-3-6-14(15(19)7-10)16(20)18(2)13-8-11-4-5-12(9-13)17-11/h3,6-7,11-13,17,19H,4-5,8-9H2,1-2H3. The van der Waals surface area contributed by atoms with E-state index in [0.29, 0.717) is 17.6 Å². The van der Waals surface area contributed by atoms with Crippen LogP contribution in [0.4, 0.5) is 0 Å². The Hall–Kier alpha value is -1.55. The molecule has 1 aromatic carbocycles. The highest BCUT2D eigenvalue weighted by Crippen LogP contribution is 2.30. The SMILES string of the molecule is Cc1ccc(C(=O)N(C)C2CC3CCC(C2)N3)c(O)c1. The van der Waals surface area contributed by atoms with Gasteiger partial charge in [-0.05, 0) is 50.3 Å². The van der Waals surface area contributed by atoms with Crippen LogP contribution in [-0.4, -0.2) is 41.1 Å². The van der Waals surface area contributed by atoms with Crippen LogP contribution in [-0.2, 0) is 0 Å². The van der Waals surface area contributed by atoms with Crippen LogP contribution in [0.3, 0.4) is 0 Å². The number of nitrogens with one attached hydrogen (secondary N) is 1. The maximum Gasteiger partial charge on any atom is 0.257 e. The third-order valence-corrected chi connectivity index (χ3v) is 4.70. The van der Waals surface area contributed by atoms with Gasteiger partial charge in [-0.3, -0.25) is 4.79 Å². The topological polar surface area (TPSA) is 52.6 Å². The van der Waals surface area contributed by atoms with Crippen molar-refractivity contribution in [2.24, 2.45) is 0 Å². The van der Waals surface area contributed by atoms with Crippen molar-refractivity contribution in [3.05, 3.63) is 29.3 Å². The summed E-state index contributed by atoms with van der Waals surface area (Å²) in [6.07, 6.45) is 4.48. The predicted octanol–water partition coefficient (Wildman–Crippen LogP) is 2.06. The van der Waals surface area contributed by atoms with Crippen molar-refractivity contribution in [3.63, 3.8) is 0 Å². The maximum absolute atomic E-state index is 12.6. The summed E-state index contributed by atoms with van der Waals surface area (Å²) in [5.41, 5.74) is 1.37. The lowest BCUT2D eigenvalue weighted by Crippen LogP contribution is -2.48. The number of carbonyl (C=O) groups is 1. The van der Waals surface area contributed by atoms with Crippen LogP contribution in [0, 0.1) is 6.92 Å². The smallest absolute Gasteiger partial charge is 0.257 e. The molecule has 2 saturated heterocycles. The highest BCUT2D eigenvalue weighted by molar-refractivity contribution is 5.97. The van der Waals surface area contributed by atoms with Crippen molar-refractivity contribution in [1.29, 1.82) is 0 Å². The molecule has 20 heavy (non-hydrogen) atoms. The molecule has 2 bridgehead atoms. The molecule has 0 aliphatic carbocycles. The molecular formula is C16H22N2O2. The summed E-state index contributed by atoms with van der Waals surface area (Å²) in [4.78, 5) is 14.4. The summed E-state index contributed by atoms with van der Waals surface area (Å²) in [7, 11) is 1.86. The van der Waals surface area contributed by atoms with Crippen LogP contribution < -0.4 is 5.32 Å². The molecule has 2 aliphatic rings. The average Bonchev–Trinajstić information content (AvgIpc) is 2.76. The van der Waals surface area contributed by atoms with E-state index in [1.807, 2.05) is 24.9 Å². The number of piperidine rings is 1. The number of benzene rings is 1. The molecule has 0 saturated carbocycles. The minimum Gasteiger partial charge on any atom is -0.507 e. The van der Waals surface area contributed by atoms with Crippen LogP contribution in [0.5, 0.6) is 5.75 Å². The minimum atomic E-state index is -0.0752. The second-order valence-electron chi connectivity index (χ2n) is 6.20. The second kappa shape index (κ2) is 5.09. The molecule has 2 fully saturated rings. The molecular weight excluding hydrogens is 252 g/mol. The zero-order valence-electron chi connectivity index (χ0n) is 12.1. The summed E-state index contributed by atoms with van der Waals surface area (Å²) >= 11 is 0. The van der Waals surface area contributed by atoms with Crippen LogP contribution in [0.2, 0.25) is 0 Å². The van der Waals surface area contributed by atoms with Gasteiger partial charge in [-0.25, -0.2) is 0 Å². The highest BCUT2D eigenvalue weighted by Gasteiger charge is 2.36. The van der Waals surface area contributed by atoms with Gasteiger partial charge in [-0.2, -0.15) is 0 Å². The molecule has 2 atom stereocenters.